The maximum absolute atomic E-state index is 12.8. The summed E-state index contributed by atoms with van der Waals surface area (Å²) in [6.07, 6.45) is 8.30. The molecule has 3 heterocycles. The summed E-state index contributed by atoms with van der Waals surface area (Å²) >= 11 is 0. The van der Waals surface area contributed by atoms with Crippen molar-refractivity contribution in [1.29, 1.82) is 0 Å². The van der Waals surface area contributed by atoms with Crippen molar-refractivity contribution in [2.45, 2.75) is 26.3 Å². The molecule has 0 atom stereocenters. The number of carbonyl (C=O) groups is 1. The molecule has 0 unspecified atom stereocenters. The minimum absolute atomic E-state index is 0.0256. The number of benzene rings is 1. The van der Waals surface area contributed by atoms with Crippen molar-refractivity contribution in [1.82, 2.24) is 24.6 Å². The molecule has 3 aromatic rings. The molecule has 1 amide bonds. The van der Waals surface area contributed by atoms with Gasteiger partial charge in [-0.05, 0) is 37.8 Å². The quantitative estimate of drug-likeness (QED) is 0.492. The molecular weight excluding hydrogens is 384 g/mol. The maximum Gasteiger partial charge on any atom is 0.332 e. The number of aryl methyl sites for hydroxylation is 1. The highest BCUT2D eigenvalue weighted by atomic mass is 16.5. The van der Waals surface area contributed by atoms with Gasteiger partial charge in [-0.25, -0.2) is 20.2 Å². The SMILES string of the molecule is Cc1ccc(-n2ccn(CC3CCN(c4ncc(C(=O)NO)cn4)CC3)c2=O)cc1. The molecular formula is C21H24N6O3. The average molecular weight is 408 g/mol. The van der Waals surface area contributed by atoms with Crippen molar-refractivity contribution in [3.63, 3.8) is 0 Å². The Balaban J connectivity index is 1.37. The van der Waals surface area contributed by atoms with E-state index in [9.17, 15) is 9.59 Å². The van der Waals surface area contributed by atoms with Crippen molar-refractivity contribution in [3.05, 3.63) is 70.7 Å². The molecule has 156 valence electrons. The van der Waals surface area contributed by atoms with E-state index in [-0.39, 0.29) is 11.3 Å². The normalized spacial score (nSPS) is 14.7. The van der Waals surface area contributed by atoms with Crippen LogP contribution in [-0.4, -0.2) is 43.3 Å². The number of piperidine rings is 1. The van der Waals surface area contributed by atoms with Crippen LogP contribution < -0.4 is 16.1 Å². The lowest BCUT2D eigenvalue weighted by Gasteiger charge is -2.31. The predicted octanol–water partition coefficient (Wildman–Crippen LogP) is 1.77. The number of amides is 1. The van der Waals surface area contributed by atoms with Crippen LogP contribution in [0.5, 0.6) is 0 Å². The van der Waals surface area contributed by atoms with Crippen molar-refractivity contribution >= 4 is 11.9 Å². The monoisotopic (exact) mass is 408 g/mol. The number of carbonyl (C=O) groups excluding carboxylic acids is 1. The highest BCUT2D eigenvalue weighted by molar-refractivity contribution is 5.92. The maximum atomic E-state index is 12.8. The van der Waals surface area contributed by atoms with Crippen molar-refractivity contribution in [3.8, 4) is 5.69 Å². The molecule has 1 aliphatic heterocycles. The molecule has 2 N–H and O–H groups in total. The molecule has 0 bridgehead atoms. The number of hydrogen-bond acceptors (Lipinski definition) is 6. The van der Waals surface area contributed by atoms with E-state index in [1.807, 2.05) is 43.6 Å². The van der Waals surface area contributed by atoms with E-state index < -0.39 is 5.91 Å². The number of nitrogens with one attached hydrogen (secondary N) is 1. The Morgan fingerprint density at radius 1 is 1.13 bits per heavy atom. The fourth-order valence-corrected chi connectivity index (χ4v) is 3.71. The summed E-state index contributed by atoms with van der Waals surface area (Å²) in [7, 11) is 0. The number of hydroxylamine groups is 1. The van der Waals surface area contributed by atoms with Gasteiger partial charge in [0.2, 0.25) is 5.95 Å². The second-order valence-corrected chi connectivity index (χ2v) is 7.58. The highest BCUT2D eigenvalue weighted by Gasteiger charge is 2.22. The zero-order valence-corrected chi connectivity index (χ0v) is 16.7. The Labute approximate surface area is 173 Å². The van der Waals surface area contributed by atoms with Crippen LogP contribution in [0.25, 0.3) is 5.69 Å². The van der Waals surface area contributed by atoms with Gasteiger partial charge in [-0.1, -0.05) is 17.7 Å². The van der Waals surface area contributed by atoms with Crippen LogP contribution in [0.1, 0.15) is 28.8 Å². The molecule has 4 rings (SSSR count). The number of aromatic nitrogens is 4. The summed E-state index contributed by atoms with van der Waals surface area (Å²) in [5, 5.41) is 8.66. The molecule has 2 aromatic heterocycles. The molecule has 1 saturated heterocycles. The van der Waals surface area contributed by atoms with Gasteiger partial charge in [-0.15, -0.1) is 0 Å². The molecule has 9 heteroatoms. The molecule has 1 aromatic carbocycles. The molecule has 9 nitrogen and oxygen atoms in total. The van der Waals surface area contributed by atoms with Crippen molar-refractivity contribution < 1.29 is 10.0 Å². The van der Waals surface area contributed by atoms with Gasteiger partial charge in [0.1, 0.15) is 0 Å². The number of imidazole rings is 1. The first-order valence-corrected chi connectivity index (χ1v) is 9.91. The number of anilines is 1. The second kappa shape index (κ2) is 8.50. The Hall–Kier alpha value is -3.46. The summed E-state index contributed by atoms with van der Waals surface area (Å²) in [4.78, 5) is 34.6. The smallest absolute Gasteiger partial charge is 0.332 e. The Kier molecular flexibility index (Phi) is 5.62. The molecule has 1 aliphatic rings. The first kappa shape index (κ1) is 19.8. The van der Waals surface area contributed by atoms with E-state index in [4.69, 9.17) is 5.21 Å². The molecule has 0 aliphatic carbocycles. The van der Waals surface area contributed by atoms with Gasteiger partial charge in [-0.2, -0.15) is 0 Å². The first-order chi connectivity index (χ1) is 14.5. The third-order valence-electron chi connectivity index (χ3n) is 5.51. The number of hydrogen-bond donors (Lipinski definition) is 2. The van der Waals surface area contributed by atoms with E-state index in [1.54, 1.807) is 14.6 Å². The zero-order valence-electron chi connectivity index (χ0n) is 16.7. The van der Waals surface area contributed by atoms with E-state index in [0.717, 1.165) is 37.2 Å². The van der Waals surface area contributed by atoms with Crippen molar-refractivity contribution in [2.24, 2.45) is 5.92 Å². The van der Waals surface area contributed by atoms with Gasteiger partial charge in [0.05, 0.1) is 11.3 Å². The Morgan fingerprint density at radius 2 is 1.80 bits per heavy atom. The van der Waals surface area contributed by atoms with Gasteiger partial charge >= 0.3 is 5.69 Å². The van der Waals surface area contributed by atoms with Gasteiger partial charge in [0.15, 0.2) is 0 Å². The molecule has 30 heavy (non-hydrogen) atoms. The summed E-state index contributed by atoms with van der Waals surface area (Å²) in [6.45, 7) is 4.27. The van der Waals surface area contributed by atoms with E-state index in [1.165, 1.54) is 12.4 Å². The van der Waals surface area contributed by atoms with Gasteiger partial charge < -0.3 is 4.90 Å². The van der Waals surface area contributed by atoms with Gasteiger partial charge in [0.25, 0.3) is 5.91 Å². The fraction of sp³-hybridized carbons (Fsp3) is 0.333. The molecule has 0 saturated carbocycles. The predicted molar refractivity (Wildman–Crippen MR) is 111 cm³/mol. The summed E-state index contributed by atoms with van der Waals surface area (Å²) in [6, 6.07) is 7.91. The third kappa shape index (κ3) is 4.11. The van der Waals surface area contributed by atoms with Crippen LogP contribution in [0, 0.1) is 12.8 Å². The Morgan fingerprint density at radius 3 is 2.43 bits per heavy atom. The largest absolute Gasteiger partial charge is 0.341 e. The van der Waals surface area contributed by atoms with E-state index >= 15 is 0 Å². The summed E-state index contributed by atoms with van der Waals surface area (Å²) in [5.41, 5.74) is 3.77. The van der Waals surface area contributed by atoms with Crippen LogP contribution in [-0.2, 0) is 6.54 Å². The lowest BCUT2D eigenvalue weighted by atomic mass is 9.97. The second-order valence-electron chi connectivity index (χ2n) is 7.58. The highest BCUT2D eigenvalue weighted by Crippen LogP contribution is 2.22. The van der Waals surface area contributed by atoms with E-state index in [2.05, 4.69) is 14.9 Å². The minimum Gasteiger partial charge on any atom is -0.341 e. The minimum atomic E-state index is -0.636. The van der Waals surface area contributed by atoms with Crippen LogP contribution in [0.3, 0.4) is 0 Å². The van der Waals surface area contributed by atoms with Crippen LogP contribution in [0.4, 0.5) is 5.95 Å². The number of rotatable bonds is 5. The van der Waals surface area contributed by atoms with Crippen LogP contribution >= 0.6 is 0 Å². The molecule has 0 spiro atoms. The zero-order chi connectivity index (χ0) is 21.1. The summed E-state index contributed by atoms with van der Waals surface area (Å²) in [5.74, 6) is 0.321. The first-order valence-electron chi connectivity index (χ1n) is 9.91. The van der Waals surface area contributed by atoms with Gasteiger partial charge in [-0.3, -0.25) is 19.1 Å². The van der Waals surface area contributed by atoms with Crippen LogP contribution in [0.15, 0.2) is 53.8 Å². The van der Waals surface area contributed by atoms with Crippen molar-refractivity contribution in [2.75, 3.05) is 18.0 Å². The number of nitrogens with zero attached hydrogens (tertiary/aromatic N) is 5. The van der Waals surface area contributed by atoms with E-state index in [0.29, 0.717) is 18.4 Å². The lowest BCUT2D eigenvalue weighted by molar-refractivity contribution is 0.0705. The molecule has 0 radical (unpaired) electrons. The third-order valence-corrected chi connectivity index (χ3v) is 5.51. The molecule has 1 fully saturated rings. The lowest BCUT2D eigenvalue weighted by Crippen LogP contribution is -2.37. The topological polar surface area (TPSA) is 105 Å². The standard InChI is InChI=1S/C21H24N6O3/c1-15-2-4-18(5-3-15)27-11-10-26(21(27)29)14-16-6-8-25(9-7-16)20-22-12-17(13-23-20)19(28)24-30/h2-5,10-13,16,30H,6-9,14H2,1H3,(H,24,28). The fourth-order valence-electron chi connectivity index (χ4n) is 3.71. The van der Waals surface area contributed by atoms with Gasteiger partial charge in [0, 0.05) is 44.4 Å². The Bertz CT molecular complexity index is 1060. The van der Waals surface area contributed by atoms with Crippen LogP contribution in [0.2, 0.25) is 0 Å². The average Bonchev–Trinajstić information content (AvgIpc) is 3.14. The summed E-state index contributed by atoms with van der Waals surface area (Å²) < 4.78 is 3.45.